The van der Waals surface area contributed by atoms with Gasteiger partial charge in [0.2, 0.25) is 10.0 Å². The van der Waals surface area contributed by atoms with Gasteiger partial charge in [-0.05, 0) is 36.8 Å². The smallest absolute Gasteiger partial charge is 0.253 e. The number of nitrogens with zero attached hydrogens (tertiary/aromatic N) is 1. The molecule has 0 bridgehead atoms. The number of sulfonamides is 1. The van der Waals surface area contributed by atoms with Crippen molar-refractivity contribution in [1.29, 1.82) is 0 Å². The van der Waals surface area contributed by atoms with Crippen LogP contribution in [0.15, 0.2) is 72.1 Å². The second kappa shape index (κ2) is 9.89. The number of ether oxygens (including phenoxy) is 1. The van der Waals surface area contributed by atoms with Gasteiger partial charge in [-0.1, -0.05) is 30.3 Å². The van der Waals surface area contributed by atoms with Crippen LogP contribution in [0, 0.1) is 0 Å². The van der Waals surface area contributed by atoms with E-state index in [-0.39, 0.29) is 17.3 Å². The number of hydrogen-bond acceptors (Lipinski definition) is 4. The lowest BCUT2D eigenvalue weighted by Crippen LogP contribution is -2.29. The van der Waals surface area contributed by atoms with Crippen LogP contribution in [0.25, 0.3) is 0 Å². The number of nitrogens with one attached hydrogen (secondary N) is 1. The van der Waals surface area contributed by atoms with Crippen molar-refractivity contribution < 1.29 is 17.9 Å². The van der Waals surface area contributed by atoms with Gasteiger partial charge in [0.25, 0.3) is 5.91 Å². The quantitative estimate of drug-likeness (QED) is 0.502. The fourth-order valence-electron chi connectivity index (χ4n) is 2.38. The monoisotopic (exact) mass is 388 g/mol. The molecule has 7 heteroatoms. The van der Waals surface area contributed by atoms with Gasteiger partial charge in [0.15, 0.2) is 0 Å². The molecule has 0 saturated carbocycles. The van der Waals surface area contributed by atoms with Gasteiger partial charge in [0.05, 0.1) is 11.5 Å². The van der Waals surface area contributed by atoms with Crippen molar-refractivity contribution in [1.82, 2.24) is 9.62 Å². The SMILES string of the molecule is C=CCNS(=O)(=O)c1cccc(C(=O)N(C)CCCOc2ccccc2)c1. The highest BCUT2D eigenvalue weighted by atomic mass is 32.2. The number of para-hydroxylation sites is 1. The molecule has 0 unspecified atom stereocenters. The lowest BCUT2D eigenvalue weighted by atomic mass is 10.2. The van der Waals surface area contributed by atoms with Crippen LogP contribution in [0.2, 0.25) is 0 Å². The highest BCUT2D eigenvalue weighted by molar-refractivity contribution is 7.89. The summed E-state index contributed by atoms with van der Waals surface area (Å²) in [7, 11) is -1.99. The molecule has 1 N–H and O–H groups in total. The minimum absolute atomic E-state index is 0.0519. The Hall–Kier alpha value is -2.64. The van der Waals surface area contributed by atoms with Gasteiger partial charge < -0.3 is 9.64 Å². The van der Waals surface area contributed by atoms with Crippen molar-refractivity contribution in [2.45, 2.75) is 11.3 Å². The van der Waals surface area contributed by atoms with Crippen LogP contribution in [-0.2, 0) is 10.0 Å². The normalized spacial score (nSPS) is 11.0. The minimum Gasteiger partial charge on any atom is -0.494 e. The number of carbonyl (C=O) groups is 1. The molecule has 0 aromatic heterocycles. The predicted octanol–water partition coefficient (Wildman–Crippen LogP) is 2.69. The molecule has 0 spiro atoms. The second-order valence-electron chi connectivity index (χ2n) is 5.91. The third-order valence-corrected chi connectivity index (χ3v) is 5.23. The van der Waals surface area contributed by atoms with E-state index in [9.17, 15) is 13.2 Å². The summed E-state index contributed by atoms with van der Waals surface area (Å²) >= 11 is 0. The van der Waals surface area contributed by atoms with Gasteiger partial charge in [0.1, 0.15) is 5.75 Å². The van der Waals surface area contributed by atoms with Crippen LogP contribution in [-0.4, -0.2) is 46.0 Å². The molecule has 0 saturated heterocycles. The van der Waals surface area contributed by atoms with Crippen LogP contribution < -0.4 is 9.46 Å². The Kier molecular flexibility index (Phi) is 7.57. The fraction of sp³-hybridized carbons (Fsp3) is 0.250. The summed E-state index contributed by atoms with van der Waals surface area (Å²) in [4.78, 5) is 14.2. The Labute approximate surface area is 160 Å². The van der Waals surface area contributed by atoms with E-state index in [2.05, 4.69) is 11.3 Å². The van der Waals surface area contributed by atoms with Gasteiger partial charge in [-0.2, -0.15) is 0 Å². The molecule has 0 atom stereocenters. The van der Waals surface area contributed by atoms with Crippen LogP contribution in [0.5, 0.6) is 5.75 Å². The number of carbonyl (C=O) groups excluding carboxylic acids is 1. The first-order chi connectivity index (χ1) is 12.9. The largest absolute Gasteiger partial charge is 0.494 e. The molecule has 0 aliphatic rings. The Morgan fingerprint density at radius 2 is 1.93 bits per heavy atom. The van der Waals surface area contributed by atoms with Crippen molar-refractivity contribution >= 4 is 15.9 Å². The maximum atomic E-state index is 12.6. The maximum absolute atomic E-state index is 12.6. The summed E-state index contributed by atoms with van der Waals surface area (Å²) in [5, 5.41) is 0. The van der Waals surface area contributed by atoms with Crippen molar-refractivity contribution in [3.05, 3.63) is 72.8 Å². The molecule has 0 heterocycles. The van der Waals surface area contributed by atoms with Crippen LogP contribution in [0.4, 0.5) is 0 Å². The van der Waals surface area contributed by atoms with Crippen LogP contribution in [0.3, 0.4) is 0 Å². The first kappa shape index (κ1) is 20.7. The molecule has 0 radical (unpaired) electrons. The highest BCUT2D eigenvalue weighted by Crippen LogP contribution is 2.13. The Bertz CT molecular complexity index is 867. The predicted molar refractivity (Wildman–Crippen MR) is 105 cm³/mol. The van der Waals surface area contributed by atoms with E-state index in [1.165, 1.54) is 18.2 Å². The summed E-state index contributed by atoms with van der Waals surface area (Å²) < 4.78 is 32.4. The summed E-state index contributed by atoms with van der Waals surface area (Å²) in [5.74, 6) is 0.548. The van der Waals surface area contributed by atoms with E-state index in [4.69, 9.17) is 4.74 Å². The van der Waals surface area contributed by atoms with Crippen molar-refractivity contribution in [2.75, 3.05) is 26.7 Å². The van der Waals surface area contributed by atoms with Crippen molar-refractivity contribution in [3.63, 3.8) is 0 Å². The van der Waals surface area contributed by atoms with Gasteiger partial charge in [-0.15, -0.1) is 6.58 Å². The molecule has 0 aliphatic carbocycles. The molecule has 2 rings (SSSR count). The average Bonchev–Trinajstić information content (AvgIpc) is 2.70. The molecule has 0 aliphatic heterocycles. The van der Waals surface area contributed by atoms with Crippen LogP contribution >= 0.6 is 0 Å². The Morgan fingerprint density at radius 1 is 1.19 bits per heavy atom. The van der Waals surface area contributed by atoms with E-state index in [0.717, 1.165) is 5.75 Å². The number of benzene rings is 2. The fourth-order valence-corrected chi connectivity index (χ4v) is 3.42. The lowest BCUT2D eigenvalue weighted by molar-refractivity contribution is 0.0787. The summed E-state index contributed by atoms with van der Waals surface area (Å²) in [6, 6.07) is 15.5. The highest BCUT2D eigenvalue weighted by Gasteiger charge is 2.17. The van der Waals surface area contributed by atoms with E-state index in [1.54, 1.807) is 24.1 Å². The first-order valence-electron chi connectivity index (χ1n) is 8.58. The average molecular weight is 388 g/mol. The third kappa shape index (κ3) is 6.23. The molecule has 2 aromatic rings. The zero-order valence-electron chi connectivity index (χ0n) is 15.3. The van der Waals surface area contributed by atoms with Gasteiger partial charge >= 0.3 is 0 Å². The number of hydrogen-bond donors (Lipinski definition) is 1. The zero-order chi connectivity index (χ0) is 19.7. The van der Waals surface area contributed by atoms with E-state index in [1.807, 2.05) is 30.3 Å². The van der Waals surface area contributed by atoms with E-state index >= 15 is 0 Å². The first-order valence-corrected chi connectivity index (χ1v) is 10.1. The molecular weight excluding hydrogens is 364 g/mol. The zero-order valence-corrected chi connectivity index (χ0v) is 16.1. The Balaban J connectivity index is 1.92. The maximum Gasteiger partial charge on any atom is 0.253 e. The van der Waals surface area contributed by atoms with Gasteiger partial charge in [-0.3, -0.25) is 4.79 Å². The van der Waals surface area contributed by atoms with E-state index < -0.39 is 10.0 Å². The van der Waals surface area contributed by atoms with Gasteiger partial charge in [0, 0.05) is 25.7 Å². The Morgan fingerprint density at radius 3 is 2.63 bits per heavy atom. The number of rotatable bonds is 10. The minimum atomic E-state index is -3.67. The summed E-state index contributed by atoms with van der Waals surface area (Å²) in [6.07, 6.45) is 2.12. The molecular formula is C20H24N2O4S. The molecule has 2 aromatic carbocycles. The molecule has 144 valence electrons. The molecule has 6 nitrogen and oxygen atoms in total. The number of amides is 1. The third-order valence-electron chi connectivity index (χ3n) is 3.81. The van der Waals surface area contributed by atoms with E-state index in [0.29, 0.717) is 25.1 Å². The van der Waals surface area contributed by atoms with Gasteiger partial charge in [-0.25, -0.2) is 13.1 Å². The second-order valence-corrected chi connectivity index (χ2v) is 7.68. The summed E-state index contributed by atoms with van der Waals surface area (Å²) in [5.41, 5.74) is 0.322. The molecule has 0 fully saturated rings. The van der Waals surface area contributed by atoms with Crippen LogP contribution in [0.1, 0.15) is 16.8 Å². The topological polar surface area (TPSA) is 75.7 Å². The molecule has 27 heavy (non-hydrogen) atoms. The lowest BCUT2D eigenvalue weighted by Gasteiger charge is -2.18. The standard InChI is InChI=1S/C20H24N2O4S/c1-3-13-21-27(24,25)19-12-7-9-17(16-19)20(23)22(2)14-8-15-26-18-10-5-4-6-11-18/h3-7,9-12,16,21H,1,8,13-15H2,2H3. The summed E-state index contributed by atoms with van der Waals surface area (Å²) in [6.45, 7) is 4.60. The van der Waals surface area contributed by atoms with Crippen molar-refractivity contribution in [2.24, 2.45) is 0 Å². The van der Waals surface area contributed by atoms with Crippen molar-refractivity contribution in [3.8, 4) is 5.75 Å². The molecule has 1 amide bonds.